The molecule has 2 aromatic rings. The fourth-order valence-electron chi connectivity index (χ4n) is 2.04. The molecule has 4 nitrogen and oxygen atoms in total. The standard InChI is InChI=1S/C17H17N3O/c1-13-5-3-8-16(9-13)20(2)12-17(21)19-15-7-4-6-14(10-15)11-18/h3-10H,12H2,1-2H3,(H,19,21). The van der Waals surface area contributed by atoms with Crippen molar-refractivity contribution in [1.82, 2.24) is 0 Å². The fourth-order valence-corrected chi connectivity index (χ4v) is 2.04. The van der Waals surface area contributed by atoms with Crippen LogP contribution in [0.15, 0.2) is 48.5 Å². The highest BCUT2D eigenvalue weighted by Gasteiger charge is 2.08. The third-order valence-electron chi connectivity index (χ3n) is 3.10. The zero-order chi connectivity index (χ0) is 15.2. The van der Waals surface area contributed by atoms with Crippen LogP contribution in [-0.2, 0) is 4.79 Å². The minimum absolute atomic E-state index is 0.117. The lowest BCUT2D eigenvalue weighted by Crippen LogP contribution is -2.30. The minimum Gasteiger partial charge on any atom is -0.365 e. The van der Waals surface area contributed by atoms with Crippen molar-refractivity contribution in [2.45, 2.75) is 6.92 Å². The summed E-state index contributed by atoms with van der Waals surface area (Å²) in [4.78, 5) is 13.9. The zero-order valence-electron chi connectivity index (χ0n) is 12.1. The van der Waals surface area contributed by atoms with Crippen LogP contribution in [0.3, 0.4) is 0 Å². The molecule has 0 radical (unpaired) electrons. The first kappa shape index (κ1) is 14.6. The van der Waals surface area contributed by atoms with Crippen LogP contribution in [0.1, 0.15) is 11.1 Å². The average Bonchev–Trinajstić information content (AvgIpc) is 2.47. The van der Waals surface area contributed by atoms with Gasteiger partial charge < -0.3 is 10.2 Å². The van der Waals surface area contributed by atoms with Crippen molar-refractivity contribution in [2.75, 3.05) is 23.8 Å². The molecule has 0 aliphatic carbocycles. The number of benzene rings is 2. The summed E-state index contributed by atoms with van der Waals surface area (Å²) in [6.45, 7) is 2.27. The maximum absolute atomic E-state index is 12.0. The van der Waals surface area contributed by atoms with E-state index in [9.17, 15) is 4.79 Å². The largest absolute Gasteiger partial charge is 0.365 e. The molecule has 21 heavy (non-hydrogen) atoms. The quantitative estimate of drug-likeness (QED) is 0.936. The van der Waals surface area contributed by atoms with Crippen LogP contribution in [0.5, 0.6) is 0 Å². The number of carbonyl (C=O) groups excluding carboxylic acids is 1. The Morgan fingerprint density at radius 2 is 2.00 bits per heavy atom. The lowest BCUT2D eigenvalue weighted by Gasteiger charge is -2.19. The van der Waals surface area contributed by atoms with Gasteiger partial charge in [0.15, 0.2) is 0 Å². The smallest absolute Gasteiger partial charge is 0.243 e. The van der Waals surface area contributed by atoms with Gasteiger partial charge in [-0.2, -0.15) is 5.26 Å². The molecular weight excluding hydrogens is 262 g/mol. The summed E-state index contributed by atoms with van der Waals surface area (Å²) in [5.74, 6) is -0.117. The molecule has 2 rings (SSSR count). The molecule has 0 spiro atoms. The van der Waals surface area contributed by atoms with Crippen molar-refractivity contribution >= 4 is 17.3 Å². The van der Waals surface area contributed by atoms with E-state index in [0.717, 1.165) is 11.3 Å². The van der Waals surface area contributed by atoms with Gasteiger partial charge >= 0.3 is 0 Å². The molecule has 1 amide bonds. The van der Waals surface area contributed by atoms with Gasteiger partial charge in [-0.15, -0.1) is 0 Å². The summed E-state index contributed by atoms with van der Waals surface area (Å²) in [6.07, 6.45) is 0. The van der Waals surface area contributed by atoms with E-state index in [1.165, 1.54) is 0 Å². The van der Waals surface area contributed by atoms with Gasteiger partial charge in [0, 0.05) is 18.4 Å². The minimum atomic E-state index is -0.117. The van der Waals surface area contributed by atoms with Crippen LogP contribution in [0.4, 0.5) is 11.4 Å². The summed E-state index contributed by atoms with van der Waals surface area (Å²) in [6, 6.07) is 16.9. The second-order valence-corrected chi connectivity index (χ2v) is 4.94. The normalized spacial score (nSPS) is 9.76. The Morgan fingerprint density at radius 3 is 2.71 bits per heavy atom. The number of aryl methyl sites for hydroxylation is 1. The monoisotopic (exact) mass is 279 g/mol. The van der Waals surface area contributed by atoms with Crippen LogP contribution in [0.25, 0.3) is 0 Å². The summed E-state index contributed by atoms with van der Waals surface area (Å²) >= 11 is 0. The highest BCUT2D eigenvalue weighted by atomic mass is 16.2. The Balaban J connectivity index is 2.00. The molecule has 0 fully saturated rings. The molecule has 0 aliphatic heterocycles. The van der Waals surface area contributed by atoms with Crippen molar-refractivity contribution < 1.29 is 4.79 Å². The molecule has 0 unspecified atom stereocenters. The third kappa shape index (κ3) is 4.08. The summed E-state index contributed by atoms with van der Waals surface area (Å²) in [5.41, 5.74) is 3.31. The van der Waals surface area contributed by atoms with E-state index < -0.39 is 0 Å². The summed E-state index contributed by atoms with van der Waals surface area (Å²) in [7, 11) is 1.88. The average molecular weight is 279 g/mol. The second kappa shape index (κ2) is 6.58. The number of nitrogens with one attached hydrogen (secondary N) is 1. The first-order valence-corrected chi connectivity index (χ1v) is 6.66. The highest BCUT2D eigenvalue weighted by molar-refractivity contribution is 5.94. The van der Waals surface area contributed by atoms with E-state index in [1.807, 2.05) is 43.1 Å². The molecule has 106 valence electrons. The number of nitriles is 1. The lowest BCUT2D eigenvalue weighted by atomic mass is 10.2. The SMILES string of the molecule is Cc1cccc(N(C)CC(=O)Nc2cccc(C#N)c2)c1. The second-order valence-electron chi connectivity index (χ2n) is 4.94. The summed E-state index contributed by atoms with van der Waals surface area (Å²) < 4.78 is 0. The molecule has 0 bridgehead atoms. The Kier molecular flexibility index (Phi) is 4.57. The van der Waals surface area contributed by atoms with Crippen LogP contribution >= 0.6 is 0 Å². The van der Waals surface area contributed by atoms with E-state index in [4.69, 9.17) is 5.26 Å². The first-order valence-electron chi connectivity index (χ1n) is 6.66. The Hall–Kier alpha value is -2.80. The number of hydrogen-bond donors (Lipinski definition) is 1. The summed E-state index contributed by atoms with van der Waals surface area (Å²) in [5, 5.41) is 11.6. The van der Waals surface area contributed by atoms with Gasteiger partial charge in [-0.25, -0.2) is 0 Å². The number of rotatable bonds is 4. The van der Waals surface area contributed by atoms with E-state index in [2.05, 4.69) is 11.4 Å². The number of nitrogens with zero attached hydrogens (tertiary/aromatic N) is 2. The molecule has 0 aliphatic rings. The molecule has 4 heteroatoms. The Bertz CT molecular complexity index is 688. The molecule has 0 atom stereocenters. The van der Waals surface area contributed by atoms with E-state index in [-0.39, 0.29) is 12.5 Å². The topological polar surface area (TPSA) is 56.1 Å². The zero-order valence-corrected chi connectivity index (χ0v) is 12.1. The van der Waals surface area contributed by atoms with Gasteiger partial charge in [0.2, 0.25) is 5.91 Å². The fraction of sp³-hybridized carbons (Fsp3) is 0.176. The maximum Gasteiger partial charge on any atom is 0.243 e. The van der Waals surface area contributed by atoms with Gasteiger partial charge in [0.1, 0.15) is 0 Å². The van der Waals surface area contributed by atoms with Crippen molar-refractivity contribution in [3.63, 3.8) is 0 Å². The number of amides is 1. The predicted octanol–water partition coefficient (Wildman–Crippen LogP) is 2.94. The number of anilines is 2. The van der Waals surface area contributed by atoms with Crippen LogP contribution in [0.2, 0.25) is 0 Å². The number of carbonyl (C=O) groups is 1. The van der Waals surface area contributed by atoms with Crippen molar-refractivity contribution in [2.24, 2.45) is 0 Å². The van der Waals surface area contributed by atoms with Crippen molar-refractivity contribution in [3.8, 4) is 6.07 Å². The molecule has 0 aromatic heterocycles. The van der Waals surface area contributed by atoms with Gasteiger partial charge in [-0.3, -0.25) is 4.79 Å². The Labute approximate surface area is 124 Å². The van der Waals surface area contributed by atoms with Crippen LogP contribution < -0.4 is 10.2 Å². The van der Waals surface area contributed by atoms with Gasteiger partial charge in [0.25, 0.3) is 0 Å². The third-order valence-corrected chi connectivity index (χ3v) is 3.10. The molecule has 0 saturated heterocycles. The van der Waals surface area contributed by atoms with Crippen LogP contribution in [0, 0.1) is 18.3 Å². The van der Waals surface area contributed by atoms with E-state index in [1.54, 1.807) is 24.3 Å². The predicted molar refractivity (Wildman–Crippen MR) is 84.2 cm³/mol. The highest BCUT2D eigenvalue weighted by Crippen LogP contribution is 2.14. The Morgan fingerprint density at radius 1 is 1.24 bits per heavy atom. The maximum atomic E-state index is 12.0. The van der Waals surface area contributed by atoms with Crippen molar-refractivity contribution in [1.29, 1.82) is 5.26 Å². The van der Waals surface area contributed by atoms with Crippen LogP contribution in [-0.4, -0.2) is 19.5 Å². The van der Waals surface area contributed by atoms with E-state index >= 15 is 0 Å². The van der Waals surface area contributed by atoms with E-state index in [0.29, 0.717) is 11.3 Å². The molecular formula is C17H17N3O. The molecule has 0 heterocycles. The first-order chi connectivity index (χ1) is 10.1. The number of likely N-dealkylation sites (N-methyl/N-ethyl adjacent to an activating group) is 1. The van der Waals surface area contributed by atoms with Gasteiger partial charge in [-0.05, 0) is 42.8 Å². The van der Waals surface area contributed by atoms with Gasteiger partial charge in [0.05, 0.1) is 18.2 Å². The lowest BCUT2D eigenvalue weighted by molar-refractivity contribution is -0.114. The molecule has 0 saturated carbocycles. The molecule has 1 N–H and O–H groups in total. The molecule has 2 aromatic carbocycles. The van der Waals surface area contributed by atoms with Gasteiger partial charge in [-0.1, -0.05) is 18.2 Å². The van der Waals surface area contributed by atoms with Crippen molar-refractivity contribution in [3.05, 3.63) is 59.7 Å². The number of hydrogen-bond acceptors (Lipinski definition) is 3.